The Hall–Kier alpha value is -3.65. The van der Waals surface area contributed by atoms with Gasteiger partial charge in [-0.2, -0.15) is 5.26 Å². The number of nitrogens with zero attached hydrogens (tertiary/aromatic N) is 2. The third-order valence-electron chi connectivity index (χ3n) is 4.34. The standard InChI is InChI=1S/C22H18N2O3/c1-27-19-6-8-20(16(12-19)5-9-22(25)26)15-4-7-21(18(11-15)13-23)17-3-2-10-24-14-17/h2-4,6-8,10-12,14H,5,9H2,1H3,(H,25,26). The number of hydrogen-bond acceptors (Lipinski definition) is 4. The molecule has 0 spiro atoms. The van der Waals surface area contributed by atoms with E-state index in [4.69, 9.17) is 9.84 Å². The molecule has 5 nitrogen and oxygen atoms in total. The van der Waals surface area contributed by atoms with Gasteiger partial charge >= 0.3 is 5.97 Å². The van der Waals surface area contributed by atoms with Crippen molar-refractivity contribution in [3.8, 4) is 34.1 Å². The van der Waals surface area contributed by atoms with Gasteiger partial charge in [-0.25, -0.2) is 0 Å². The molecule has 0 radical (unpaired) electrons. The molecule has 27 heavy (non-hydrogen) atoms. The third-order valence-corrected chi connectivity index (χ3v) is 4.34. The molecule has 2 aromatic carbocycles. The van der Waals surface area contributed by atoms with Gasteiger partial charge in [-0.05, 0) is 47.4 Å². The zero-order valence-electron chi connectivity index (χ0n) is 14.8. The van der Waals surface area contributed by atoms with Crippen molar-refractivity contribution >= 4 is 5.97 Å². The second kappa shape index (κ2) is 8.15. The van der Waals surface area contributed by atoms with Crippen LogP contribution in [-0.2, 0) is 11.2 Å². The first-order valence-corrected chi connectivity index (χ1v) is 8.46. The Morgan fingerprint density at radius 1 is 1.15 bits per heavy atom. The molecule has 3 aromatic rings. The van der Waals surface area contributed by atoms with Crippen molar-refractivity contribution in [2.24, 2.45) is 0 Å². The number of benzene rings is 2. The van der Waals surface area contributed by atoms with Crippen molar-refractivity contribution in [1.29, 1.82) is 5.26 Å². The van der Waals surface area contributed by atoms with Gasteiger partial charge in [-0.1, -0.05) is 24.3 Å². The minimum atomic E-state index is -0.853. The molecular formula is C22H18N2O3. The number of aliphatic carboxylic acids is 1. The van der Waals surface area contributed by atoms with Gasteiger partial charge in [0.2, 0.25) is 0 Å². The molecule has 0 amide bonds. The van der Waals surface area contributed by atoms with E-state index in [0.29, 0.717) is 17.7 Å². The van der Waals surface area contributed by atoms with Gasteiger partial charge in [0.1, 0.15) is 5.75 Å². The van der Waals surface area contributed by atoms with Gasteiger partial charge in [-0.3, -0.25) is 9.78 Å². The highest BCUT2D eigenvalue weighted by Crippen LogP contribution is 2.32. The first-order valence-electron chi connectivity index (χ1n) is 8.46. The number of carbonyl (C=O) groups is 1. The molecule has 0 saturated carbocycles. The molecule has 0 bridgehead atoms. The van der Waals surface area contributed by atoms with E-state index < -0.39 is 5.97 Å². The van der Waals surface area contributed by atoms with Crippen molar-refractivity contribution in [2.75, 3.05) is 7.11 Å². The van der Waals surface area contributed by atoms with Crippen LogP contribution in [0.2, 0.25) is 0 Å². The monoisotopic (exact) mass is 358 g/mol. The van der Waals surface area contributed by atoms with E-state index in [1.165, 1.54) is 0 Å². The van der Waals surface area contributed by atoms with Crippen molar-refractivity contribution in [2.45, 2.75) is 12.8 Å². The maximum absolute atomic E-state index is 11.0. The van der Waals surface area contributed by atoms with Crippen molar-refractivity contribution in [3.63, 3.8) is 0 Å². The third kappa shape index (κ3) is 4.13. The summed E-state index contributed by atoms with van der Waals surface area (Å²) in [5.41, 5.74) is 4.86. The molecule has 0 unspecified atom stereocenters. The fraction of sp³-hybridized carbons (Fsp3) is 0.136. The number of aromatic nitrogens is 1. The first kappa shape index (κ1) is 18.2. The molecule has 0 aliphatic heterocycles. The summed E-state index contributed by atoms with van der Waals surface area (Å²) >= 11 is 0. The zero-order chi connectivity index (χ0) is 19.2. The van der Waals surface area contributed by atoms with Crippen LogP contribution in [0.5, 0.6) is 5.75 Å². The second-order valence-electron chi connectivity index (χ2n) is 6.03. The van der Waals surface area contributed by atoms with Gasteiger partial charge < -0.3 is 9.84 Å². The molecule has 0 fully saturated rings. The smallest absolute Gasteiger partial charge is 0.303 e. The summed E-state index contributed by atoms with van der Waals surface area (Å²) in [7, 11) is 1.58. The fourth-order valence-electron chi connectivity index (χ4n) is 3.01. The maximum Gasteiger partial charge on any atom is 0.303 e. The van der Waals surface area contributed by atoms with E-state index in [9.17, 15) is 10.1 Å². The van der Waals surface area contributed by atoms with Gasteiger partial charge in [0, 0.05) is 29.9 Å². The Balaban J connectivity index is 2.06. The van der Waals surface area contributed by atoms with Crippen molar-refractivity contribution in [1.82, 2.24) is 4.98 Å². The molecular weight excluding hydrogens is 340 g/mol. The molecule has 3 rings (SSSR count). The van der Waals surface area contributed by atoms with Gasteiger partial charge in [0.05, 0.1) is 18.7 Å². The Morgan fingerprint density at radius 3 is 2.63 bits per heavy atom. The number of carboxylic acids is 1. The number of rotatable bonds is 6. The molecule has 134 valence electrons. The van der Waals surface area contributed by atoms with Crippen LogP contribution >= 0.6 is 0 Å². The van der Waals surface area contributed by atoms with E-state index in [0.717, 1.165) is 27.8 Å². The van der Waals surface area contributed by atoms with E-state index in [1.807, 2.05) is 48.5 Å². The number of nitriles is 1. The predicted molar refractivity (Wildman–Crippen MR) is 102 cm³/mol. The Labute approximate surface area is 157 Å². The first-order chi connectivity index (χ1) is 13.1. The minimum Gasteiger partial charge on any atom is -0.497 e. The summed E-state index contributed by atoms with van der Waals surface area (Å²) in [6.07, 6.45) is 3.82. The van der Waals surface area contributed by atoms with E-state index in [-0.39, 0.29) is 6.42 Å². The van der Waals surface area contributed by atoms with Crippen LogP contribution in [0.15, 0.2) is 60.9 Å². The Bertz CT molecular complexity index is 1010. The summed E-state index contributed by atoms with van der Waals surface area (Å²) < 4.78 is 5.27. The molecule has 0 saturated heterocycles. The van der Waals surface area contributed by atoms with E-state index in [2.05, 4.69) is 11.1 Å². The normalized spacial score (nSPS) is 10.2. The molecule has 0 aliphatic rings. The summed E-state index contributed by atoms with van der Waals surface area (Å²) in [4.78, 5) is 15.1. The molecule has 5 heteroatoms. The van der Waals surface area contributed by atoms with Gasteiger partial charge in [-0.15, -0.1) is 0 Å². The SMILES string of the molecule is COc1ccc(-c2ccc(-c3cccnc3)c(C#N)c2)c(CCC(=O)O)c1. The lowest BCUT2D eigenvalue weighted by Crippen LogP contribution is -2.00. The Kier molecular flexibility index (Phi) is 5.48. The lowest BCUT2D eigenvalue weighted by atomic mass is 9.92. The van der Waals surface area contributed by atoms with Crippen LogP contribution in [0.4, 0.5) is 0 Å². The van der Waals surface area contributed by atoms with Crippen LogP contribution < -0.4 is 4.74 Å². The predicted octanol–water partition coefficient (Wildman–Crippen LogP) is 4.31. The molecule has 1 N–H and O–H groups in total. The average molecular weight is 358 g/mol. The Morgan fingerprint density at radius 2 is 1.96 bits per heavy atom. The zero-order valence-corrected chi connectivity index (χ0v) is 14.8. The fourth-order valence-corrected chi connectivity index (χ4v) is 3.01. The highest BCUT2D eigenvalue weighted by molar-refractivity contribution is 5.78. The highest BCUT2D eigenvalue weighted by Gasteiger charge is 2.12. The van der Waals surface area contributed by atoms with Crippen molar-refractivity contribution < 1.29 is 14.6 Å². The summed E-state index contributed by atoms with van der Waals surface area (Å²) in [6.45, 7) is 0. The summed E-state index contributed by atoms with van der Waals surface area (Å²) in [5.74, 6) is -0.181. The number of carboxylic acid groups (broad SMARTS) is 1. The van der Waals surface area contributed by atoms with Gasteiger partial charge in [0.15, 0.2) is 0 Å². The molecule has 1 heterocycles. The maximum atomic E-state index is 11.0. The van der Waals surface area contributed by atoms with Crippen LogP contribution in [-0.4, -0.2) is 23.2 Å². The van der Waals surface area contributed by atoms with Crippen molar-refractivity contribution in [3.05, 3.63) is 72.1 Å². The number of hydrogen-bond donors (Lipinski definition) is 1. The van der Waals surface area contributed by atoms with Crippen LogP contribution in [0.3, 0.4) is 0 Å². The molecule has 1 aromatic heterocycles. The molecule has 0 atom stereocenters. The summed E-state index contributed by atoms with van der Waals surface area (Å²) in [6, 6.07) is 17.2. The van der Waals surface area contributed by atoms with E-state index in [1.54, 1.807) is 19.5 Å². The lowest BCUT2D eigenvalue weighted by Gasteiger charge is -2.13. The number of methoxy groups -OCH3 is 1. The second-order valence-corrected chi connectivity index (χ2v) is 6.03. The number of aryl methyl sites for hydroxylation is 1. The summed E-state index contributed by atoms with van der Waals surface area (Å²) in [5, 5.41) is 18.6. The molecule has 0 aliphatic carbocycles. The van der Waals surface area contributed by atoms with Crippen LogP contribution in [0.1, 0.15) is 17.5 Å². The van der Waals surface area contributed by atoms with E-state index >= 15 is 0 Å². The van der Waals surface area contributed by atoms with Crippen LogP contribution in [0, 0.1) is 11.3 Å². The topological polar surface area (TPSA) is 83.2 Å². The number of ether oxygens (including phenoxy) is 1. The average Bonchev–Trinajstić information content (AvgIpc) is 2.72. The quantitative estimate of drug-likeness (QED) is 0.710. The largest absolute Gasteiger partial charge is 0.497 e. The highest BCUT2D eigenvalue weighted by atomic mass is 16.5. The number of pyridine rings is 1. The lowest BCUT2D eigenvalue weighted by molar-refractivity contribution is -0.136. The minimum absolute atomic E-state index is 0.0268. The van der Waals surface area contributed by atoms with Gasteiger partial charge in [0.25, 0.3) is 0 Å². The van der Waals surface area contributed by atoms with Crippen LogP contribution in [0.25, 0.3) is 22.3 Å².